The van der Waals surface area contributed by atoms with Gasteiger partial charge in [0.25, 0.3) is 5.91 Å². The fourth-order valence-corrected chi connectivity index (χ4v) is 3.28. The Kier molecular flexibility index (Phi) is 3.92. The highest BCUT2D eigenvalue weighted by atomic mass is 16.4. The number of nitrogens with zero attached hydrogens (tertiary/aromatic N) is 1. The molecule has 22 heavy (non-hydrogen) atoms. The molecule has 4 heteroatoms. The zero-order valence-electron chi connectivity index (χ0n) is 13.1. The molecule has 2 aromatic rings. The van der Waals surface area contributed by atoms with E-state index in [9.17, 15) is 4.79 Å². The number of carbonyl (C=O) groups is 1. The second kappa shape index (κ2) is 5.87. The number of likely N-dealkylation sites (tertiary alicyclic amines) is 1. The summed E-state index contributed by atoms with van der Waals surface area (Å²) in [5, 5.41) is 0. The Balaban J connectivity index is 1.80. The maximum atomic E-state index is 12.6. The average molecular weight is 298 g/mol. The molecule has 2 heterocycles. The van der Waals surface area contributed by atoms with Crippen molar-refractivity contribution in [3.63, 3.8) is 0 Å². The van der Waals surface area contributed by atoms with Crippen LogP contribution in [0.25, 0.3) is 11.3 Å². The van der Waals surface area contributed by atoms with Gasteiger partial charge in [-0.25, -0.2) is 0 Å². The van der Waals surface area contributed by atoms with E-state index in [1.165, 1.54) is 6.42 Å². The molecule has 2 atom stereocenters. The molecule has 1 aliphatic heterocycles. The summed E-state index contributed by atoms with van der Waals surface area (Å²) < 4.78 is 5.76. The molecule has 0 bridgehead atoms. The van der Waals surface area contributed by atoms with Crippen LogP contribution in [-0.2, 0) is 0 Å². The van der Waals surface area contributed by atoms with Crippen molar-refractivity contribution in [1.82, 2.24) is 4.90 Å². The molecule has 0 radical (unpaired) electrons. The van der Waals surface area contributed by atoms with Gasteiger partial charge in [-0.2, -0.15) is 0 Å². The molecule has 1 aromatic carbocycles. The minimum atomic E-state index is -0.0199. The molecule has 1 aliphatic rings. The van der Waals surface area contributed by atoms with Crippen molar-refractivity contribution in [3.05, 3.63) is 42.2 Å². The van der Waals surface area contributed by atoms with Crippen LogP contribution < -0.4 is 5.73 Å². The van der Waals surface area contributed by atoms with Gasteiger partial charge in [0, 0.05) is 24.3 Å². The van der Waals surface area contributed by atoms with E-state index in [1.807, 2.05) is 35.2 Å². The SMILES string of the molecule is CC1CC(C)CN(C(=O)c2ccc(-c3cccc(N)c3)o2)C1. The first kappa shape index (κ1) is 14.7. The van der Waals surface area contributed by atoms with Gasteiger partial charge in [0.15, 0.2) is 5.76 Å². The number of amides is 1. The van der Waals surface area contributed by atoms with Gasteiger partial charge in [-0.05, 0) is 42.5 Å². The van der Waals surface area contributed by atoms with Gasteiger partial charge >= 0.3 is 0 Å². The molecular weight excluding hydrogens is 276 g/mol. The van der Waals surface area contributed by atoms with Crippen LogP contribution in [0.1, 0.15) is 30.8 Å². The lowest BCUT2D eigenvalue weighted by Crippen LogP contribution is -2.42. The number of piperidine rings is 1. The fraction of sp³-hybridized carbons (Fsp3) is 0.389. The predicted molar refractivity (Wildman–Crippen MR) is 87.4 cm³/mol. The lowest BCUT2D eigenvalue weighted by atomic mass is 9.92. The molecule has 2 N–H and O–H groups in total. The monoisotopic (exact) mass is 298 g/mol. The number of hydrogen-bond donors (Lipinski definition) is 1. The number of rotatable bonds is 2. The topological polar surface area (TPSA) is 59.5 Å². The molecule has 2 unspecified atom stereocenters. The molecule has 4 nitrogen and oxygen atoms in total. The second-order valence-electron chi connectivity index (χ2n) is 6.45. The Morgan fingerprint density at radius 1 is 1.18 bits per heavy atom. The molecule has 3 rings (SSSR count). The fourth-order valence-electron chi connectivity index (χ4n) is 3.28. The summed E-state index contributed by atoms with van der Waals surface area (Å²) in [6.07, 6.45) is 1.18. The van der Waals surface area contributed by atoms with E-state index >= 15 is 0 Å². The van der Waals surface area contributed by atoms with Crippen molar-refractivity contribution < 1.29 is 9.21 Å². The third-order valence-corrected chi connectivity index (χ3v) is 4.14. The molecule has 0 spiro atoms. The zero-order chi connectivity index (χ0) is 15.7. The van der Waals surface area contributed by atoms with Crippen molar-refractivity contribution in [1.29, 1.82) is 0 Å². The highest BCUT2D eigenvalue weighted by molar-refractivity contribution is 5.92. The first-order valence-corrected chi connectivity index (χ1v) is 7.78. The highest BCUT2D eigenvalue weighted by Crippen LogP contribution is 2.26. The maximum absolute atomic E-state index is 12.6. The van der Waals surface area contributed by atoms with Crippen LogP contribution in [0.2, 0.25) is 0 Å². The summed E-state index contributed by atoms with van der Waals surface area (Å²) in [5.41, 5.74) is 7.36. The van der Waals surface area contributed by atoms with Crippen LogP contribution in [0.15, 0.2) is 40.8 Å². The molecule has 0 saturated carbocycles. The molecule has 116 valence electrons. The summed E-state index contributed by atoms with van der Waals surface area (Å²) in [5.74, 6) is 2.13. The third kappa shape index (κ3) is 3.01. The van der Waals surface area contributed by atoms with Crippen molar-refractivity contribution in [3.8, 4) is 11.3 Å². The van der Waals surface area contributed by atoms with Gasteiger partial charge in [-0.15, -0.1) is 0 Å². The second-order valence-corrected chi connectivity index (χ2v) is 6.45. The van der Waals surface area contributed by atoms with Gasteiger partial charge in [-0.3, -0.25) is 4.79 Å². The van der Waals surface area contributed by atoms with Gasteiger partial charge in [0.05, 0.1) is 0 Å². The largest absolute Gasteiger partial charge is 0.451 e. The van der Waals surface area contributed by atoms with Crippen LogP contribution in [0.5, 0.6) is 0 Å². The van der Waals surface area contributed by atoms with Crippen molar-refractivity contribution in [2.75, 3.05) is 18.8 Å². The van der Waals surface area contributed by atoms with Gasteiger partial charge < -0.3 is 15.1 Å². The lowest BCUT2D eigenvalue weighted by Gasteiger charge is -2.34. The van der Waals surface area contributed by atoms with Gasteiger partial charge in [0.1, 0.15) is 5.76 Å². The quantitative estimate of drug-likeness (QED) is 0.861. The molecule has 1 amide bonds. The summed E-state index contributed by atoms with van der Waals surface area (Å²) in [6.45, 7) is 5.99. The summed E-state index contributed by atoms with van der Waals surface area (Å²) >= 11 is 0. The average Bonchev–Trinajstić information content (AvgIpc) is 2.95. The number of carbonyl (C=O) groups excluding carboxylic acids is 1. The minimum absolute atomic E-state index is 0.0199. The predicted octanol–water partition coefficient (Wildman–Crippen LogP) is 3.65. The molecule has 1 aromatic heterocycles. The van der Waals surface area contributed by atoms with E-state index in [-0.39, 0.29) is 5.91 Å². The van der Waals surface area contributed by atoms with Gasteiger partial charge in [-0.1, -0.05) is 26.0 Å². The molecule has 1 saturated heterocycles. The number of benzene rings is 1. The van der Waals surface area contributed by atoms with Crippen LogP contribution >= 0.6 is 0 Å². The summed E-state index contributed by atoms with van der Waals surface area (Å²) in [6, 6.07) is 11.1. The Bertz CT molecular complexity index is 667. The van der Waals surface area contributed by atoms with Crippen LogP contribution in [0.3, 0.4) is 0 Å². The standard InChI is InChI=1S/C18H22N2O2/c1-12-8-13(2)11-20(10-12)18(21)17-7-6-16(22-17)14-4-3-5-15(19)9-14/h3-7,9,12-13H,8,10-11,19H2,1-2H3. The van der Waals surface area contributed by atoms with Crippen LogP contribution in [0.4, 0.5) is 5.69 Å². The number of hydrogen-bond acceptors (Lipinski definition) is 3. The summed E-state index contributed by atoms with van der Waals surface area (Å²) in [7, 11) is 0. The summed E-state index contributed by atoms with van der Waals surface area (Å²) in [4.78, 5) is 14.5. The first-order chi connectivity index (χ1) is 10.5. The Labute approximate surface area is 130 Å². The van der Waals surface area contributed by atoms with Crippen LogP contribution in [0, 0.1) is 11.8 Å². The zero-order valence-corrected chi connectivity index (χ0v) is 13.1. The molecule has 0 aliphatic carbocycles. The van der Waals surface area contributed by atoms with E-state index < -0.39 is 0 Å². The maximum Gasteiger partial charge on any atom is 0.289 e. The number of furan rings is 1. The Hall–Kier alpha value is -2.23. The smallest absolute Gasteiger partial charge is 0.289 e. The minimum Gasteiger partial charge on any atom is -0.451 e. The lowest BCUT2D eigenvalue weighted by molar-refractivity contribution is 0.0592. The number of anilines is 1. The third-order valence-electron chi connectivity index (χ3n) is 4.14. The first-order valence-electron chi connectivity index (χ1n) is 7.78. The van der Waals surface area contributed by atoms with Crippen molar-refractivity contribution >= 4 is 11.6 Å². The molecule has 1 fully saturated rings. The van der Waals surface area contributed by atoms with E-state index in [4.69, 9.17) is 10.2 Å². The van der Waals surface area contributed by atoms with Crippen LogP contribution in [-0.4, -0.2) is 23.9 Å². The number of nitrogen functional groups attached to an aromatic ring is 1. The number of nitrogens with two attached hydrogens (primary N) is 1. The van der Waals surface area contributed by atoms with Gasteiger partial charge in [0.2, 0.25) is 0 Å². The van der Waals surface area contributed by atoms with E-state index in [0.717, 1.165) is 18.7 Å². The highest BCUT2D eigenvalue weighted by Gasteiger charge is 2.27. The Morgan fingerprint density at radius 2 is 1.91 bits per heavy atom. The Morgan fingerprint density at radius 3 is 2.59 bits per heavy atom. The van der Waals surface area contributed by atoms with Crippen molar-refractivity contribution in [2.45, 2.75) is 20.3 Å². The van der Waals surface area contributed by atoms with E-state index in [1.54, 1.807) is 6.07 Å². The van der Waals surface area contributed by atoms with Crippen molar-refractivity contribution in [2.24, 2.45) is 11.8 Å². The molecular formula is C18H22N2O2. The normalized spacial score (nSPS) is 21.8. The van der Waals surface area contributed by atoms with E-state index in [0.29, 0.717) is 29.0 Å². The van der Waals surface area contributed by atoms with E-state index in [2.05, 4.69) is 13.8 Å².